The van der Waals surface area contributed by atoms with Crippen LogP contribution in [0.15, 0.2) is 94.7 Å². The van der Waals surface area contributed by atoms with Crippen LogP contribution >= 0.6 is 0 Å². The van der Waals surface area contributed by atoms with Crippen molar-refractivity contribution in [3.63, 3.8) is 0 Å². The molecule has 0 aromatic heterocycles. The SMILES string of the molecule is Cc1ccc(C)c(CN2C(=O)c3ccccc3[S@](=O)c3ccc(C(=O)N[C@H]4CCCc5ccccc54)cc32)c1. The number of carbonyl (C=O) groups is 2. The van der Waals surface area contributed by atoms with Crippen LogP contribution in [0, 0.1) is 13.8 Å². The summed E-state index contributed by atoms with van der Waals surface area (Å²) in [4.78, 5) is 30.2. The van der Waals surface area contributed by atoms with Crippen LogP contribution < -0.4 is 10.2 Å². The minimum atomic E-state index is -1.57. The molecule has 1 heterocycles. The van der Waals surface area contributed by atoms with Crippen molar-refractivity contribution < 1.29 is 13.8 Å². The second-order valence-corrected chi connectivity index (χ2v) is 11.8. The van der Waals surface area contributed by atoms with Crippen molar-refractivity contribution in [1.82, 2.24) is 5.32 Å². The van der Waals surface area contributed by atoms with Crippen LogP contribution in [0.2, 0.25) is 0 Å². The second-order valence-electron chi connectivity index (χ2n) is 10.4. The fourth-order valence-corrected chi connectivity index (χ4v) is 6.99. The number of amides is 2. The summed E-state index contributed by atoms with van der Waals surface area (Å²) in [6, 6.07) is 26.6. The van der Waals surface area contributed by atoms with Gasteiger partial charge in [0.05, 0.1) is 44.4 Å². The predicted octanol–water partition coefficient (Wildman–Crippen LogP) is 6.44. The Bertz CT molecular complexity index is 1640. The molecule has 4 aromatic carbocycles. The average molecular weight is 535 g/mol. The van der Waals surface area contributed by atoms with Crippen LogP contribution in [-0.2, 0) is 23.8 Å². The highest BCUT2D eigenvalue weighted by molar-refractivity contribution is 7.85. The van der Waals surface area contributed by atoms with Crippen molar-refractivity contribution >= 4 is 28.3 Å². The summed E-state index contributed by atoms with van der Waals surface area (Å²) in [7, 11) is -1.57. The largest absolute Gasteiger partial charge is 0.345 e. The maximum atomic E-state index is 14.0. The fraction of sp³-hybridized carbons (Fsp3) is 0.212. The maximum Gasteiger partial charge on any atom is 0.259 e. The lowest BCUT2D eigenvalue weighted by Crippen LogP contribution is -2.32. The first-order valence-electron chi connectivity index (χ1n) is 13.3. The van der Waals surface area contributed by atoms with Gasteiger partial charge in [-0.3, -0.25) is 9.59 Å². The minimum absolute atomic E-state index is 0.0627. The predicted molar refractivity (Wildman–Crippen MR) is 154 cm³/mol. The van der Waals surface area contributed by atoms with E-state index in [1.165, 1.54) is 5.56 Å². The summed E-state index contributed by atoms with van der Waals surface area (Å²) in [6.07, 6.45) is 2.91. The summed E-state index contributed by atoms with van der Waals surface area (Å²) in [5.74, 6) is -0.427. The van der Waals surface area contributed by atoms with Gasteiger partial charge in [0.25, 0.3) is 11.8 Å². The molecule has 0 saturated heterocycles. The van der Waals surface area contributed by atoms with Crippen LogP contribution in [0.3, 0.4) is 0 Å². The third kappa shape index (κ3) is 4.70. The van der Waals surface area contributed by atoms with Crippen LogP contribution in [0.1, 0.15) is 67.4 Å². The standard InChI is InChI=1S/C33H30N2O3S/c1-21-14-15-22(2)25(18-21)20-35-29-19-24(32(36)34-28-12-7-9-23-8-3-4-10-26(23)28)16-17-31(29)39(38)30-13-6-5-11-27(30)33(35)37/h3-6,8,10-11,13-19,28H,7,9,12,20H2,1-2H3,(H,34,36)/t28-,39-/m0/s1. The molecule has 1 aliphatic heterocycles. The summed E-state index contributed by atoms with van der Waals surface area (Å²) in [6.45, 7) is 4.36. The van der Waals surface area contributed by atoms with E-state index in [9.17, 15) is 13.8 Å². The zero-order valence-electron chi connectivity index (χ0n) is 22.1. The van der Waals surface area contributed by atoms with Crippen molar-refractivity contribution in [2.45, 2.75) is 55.5 Å². The van der Waals surface area contributed by atoms with E-state index < -0.39 is 10.8 Å². The monoisotopic (exact) mass is 534 g/mol. The van der Waals surface area contributed by atoms with Crippen LogP contribution in [0.5, 0.6) is 0 Å². The van der Waals surface area contributed by atoms with Gasteiger partial charge < -0.3 is 10.2 Å². The first-order chi connectivity index (χ1) is 18.9. The summed E-state index contributed by atoms with van der Waals surface area (Å²) in [5.41, 5.74) is 6.98. The summed E-state index contributed by atoms with van der Waals surface area (Å²) < 4.78 is 13.8. The van der Waals surface area contributed by atoms with E-state index in [0.717, 1.165) is 41.5 Å². The van der Waals surface area contributed by atoms with Gasteiger partial charge >= 0.3 is 0 Å². The fourth-order valence-electron chi connectivity index (χ4n) is 5.65. The lowest BCUT2D eigenvalue weighted by molar-refractivity contribution is 0.0930. The second kappa shape index (κ2) is 10.3. The van der Waals surface area contributed by atoms with Gasteiger partial charge in [-0.05, 0) is 85.7 Å². The topological polar surface area (TPSA) is 66.5 Å². The Morgan fingerprint density at radius 1 is 0.949 bits per heavy atom. The molecule has 0 bridgehead atoms. The lowest BCUT2D eigenvalue weighted by Gasteiger charge is -2.27. The number of carbonyl (C=O) groups excluding carboxylic acids is 2. The molecule has 196 valence electrons. The minimum Gasteiger partial charge on any atom is -0.345 e. The quantitative estimate of drug-likeness (QED) is 0.328. The zero-order chi connectivity index (χ0) is 27.1. The Balaban J connectivity index is 1.41. The van der Waals surface area contributed by atoms with Crippen molar-refractivity contribution in [1.29, 1.82) is 0 Å². The number of benzene rings is 4. The normalized spacial score (nSPS) is 18.0. The molecular formula is C33H30N2O3S. The summed E-state index contributed by atoms with van der Waals surface area (Å²) >= 11 is 0. The first-order valence-corrected chi connectivity index (χ1v) is 14.5. The number of fused-ring (bicyclic) bond motifs is 3. The van der Waals surface area contributed by atoms with Gasteiger partial charge in [-0.2, -0.15) is 0 Å². The number of anilines is 1. The third-order valence-corrected chi connectivity index (χ3v) is 9.28. The molecule has 1 aliphatic carbocycles. The van der Waals surface area contributed by atoms with Crippen molar-refractivity contribution in [3.05, 3.63) is 124 Å². The maximum absolute atomic E-state index is 14.0. The molecule has 2 aliphatic rings. The smallest absolute Gasteiger partial charge is 0.259 e. The van der Waals surface area contributed by atoms with E-state index in [1.807, 2.05) is 38.1 Å². The highest BCUT2D eigenvalue weighted by atomic mass is 32.2. The molecule has 5 nitrogen and oxygen atoms in total. The molecular weight excluding hydrogens is 504 g/mol. The molecule has 0 radical (unpaired) electrons. The van der Waals surface area contributed by atoms with E-state index in [2.05, 4.69) is 23.5 Å². The number of nitrogens with one attached hydrogen (secondary N) is 1. The molecule has 0 saturated carbocycles. The number of hydrogen-bond donors (Lipinski definition) is 1. The summed E-state index contributed by atoms with van der Waals surface area (Å²) in [5, 5.41) is 3.22. The number of rotatable bonds is 4. The van der Waals surface area contributed by atoms with Gasteiger partial charge in [-0.25, -0.2) is 4.21 Å². The molecule has 2 atom stereocenters. The Morgan fingerprint density at radius 3 is 2.62 bits per heavy atom. The van der Waals surface area contributed by atoms with Gasteiger partial charge in [0.1, 0.15) is 0 Å². The molecule has 2 amide bonds. The Morgan fingerprint density at radius 2 is 1.74 bits per heavy atom. The van der Waals surface area contributed by atoms with Crippen molar-refractivity contribution in [2.75, 3.05) is 4.90 Å². The number of hydrogen-bond acceptors (Lipinski definition) is 3. The molecule has 0 fully saturated rings. The molecule has 0 spiro atoms. The molecule has 6 rings (SSSR count). The Labute approximate surface area is 231 Å². The van der Waals surface area contributed by atoms with Crippen LogP contribution in [-0.4, -0.2) is 16.0 Å². The van der Waals surface area contributed by atoms with Gasteiger partial charge in [-0.15, -0.1) is 0 Å². The highest BCUT2D eigenvalue weighted by Crippen LogP contribution is 2.37. The van der Waals surface area contributed by atoms with E-state index in [-0.39, 0.29) is 17.9 Å². The number of nitrogens with zero attached hydrogens (tertiary/aromatic N) is 1. The van der Waals surface area contributed by atoms with E-state index >= 15 is 0 Å². The van der Waals surface area contributed by atoms with Crippen molar-refractivity contribution in [2.24, 2.45) is 0 Å². The van der Waals surface area contributed by atoms with E-state index in [0.29, 0.717) is 33.2 Å². The average Bonchev–Trinajstić information content (AvgIpc) is 3.04. The van der Waals surface area contributed by atoms with Crippen LogP contribution in [0.4, 0.5) is 5.69 Å². The molecule has 39 heavy (non-hydrogen) atoms. The molecule has 0 unspecified atom stereocenters. The zero-order valence-corrected chi connectivity index (χ0v) is 22.9. The van der Waals surface area contributed by atoms with Crippen molar-refractivity contribution in [3.8, 4) is 0 Å². The van der Waals surface area contributed by atoms with Gasteiger partial charge in [-0.1, -0.05) is 60.2 Å². The first kappa shape index (κ1) is 25.3. The Hall–Kier alpha value is -4.03. The van der Waals surface area contributed by atoms with Gasteiger partial charge in [0, 0.05) is 5.56 Å². The third-order valence-electron chi connectivity index (χ3n) is 7.78. The van der Waals surface area contributed by atoms with E-state index in [4.69, 9.17) is 0 Å². The molecule has 1 N–H and O–H groups in total. The lowest BCUT2D eigenvalue weighted by atomic mass is 9.87. The highest BCUT2D eigenvalue weighted by Gasteiger charge is 2.32. The van der Waals surface area contributed by atoms with Gasteiger partial charge in [0.15, 0.2) is 0 Å². The van der Waals surface area contributed by atoms with Crippen LogP contribution in [0.25, 0.3) is 0 Å². The molecule has 4 aromatic rings. The number of aryl methyl sites for hydroxylation is 3. The van der Waals surface area contributed by atoms with E-state index in [1.54, 1.807) is 47.4 Å². The molecule has 6 heteroatoms. The van der Waals surface area contributed by atoms with Gasteiger partial charge in [0.2, 0.25) is 0 Å². The Kier molecular flexibility index (Phi) is 6.65.